The summed E-state index contributed by atoms with van der Waals surface area (Å²) in [6.45, 7) is 3.16. The molecule has 148 valence electrons. The van der Waals surface area contributed by atoms with Gasteiger partial charge in [0.1, 0.15) is 0 Å². The number of hydrogen-bond donors (Lipinski definition) is 1. The van der Waals surface area contributed by atoms with E-state index in [4.69, 9.17) is 17.3 Å². The molecule has 4 rings (SSSR count). The number of benzene rings is 1. The first-order valence-corrected chi connectivity index (χ1v) is 10.7. The molecule has 4 nitrogen and oxygen atoms in total. The number of amides is 1. The number of likely N-dealkylation sites (tertiary alicyclic amines) is 1. The molecule has 1 aromatic carbocycles. The molecule has 0 radical (unpaired) electrons. The molecule has 2 aromatic rings. The summed E-state index contributed by atoms with van der Waals surface area (Å²) in [7, 11) is 0. The largest absolute Gasteiger partial charge is 0.398 e. The number of nitrogens with zero attached hydrogens (tertiary/aromatic N) is 2. The Morgan fingerprint density at radius 1 is 1.14 bits per heavy atom. The topological polar surface area (TPSA) is 59.2 Å². The maximum absolute atomic E-state index is 13.1. The van der Waals surface area contributed by atoms with Gasteiger partial charge < -0.3 is 10.6 Å². The molecule has 3 atom stereocenters. The van der Waals surface area contributed by atoms with Crippen LogP contribution in [0.5, 0.6) is 0 Å². The average molecular weight is 398 g/mol. The highest BCUT2D eigenvalue weighted by atomic mass is 35.5. The second kappa shape index (κ2) is 8.12. The number of hydrogen-bond acceptors (Lipinski definition) is 3. The van der Waals surface area contributed by atoms with Gasteiger partial charge in [0.2, 0.25) is 5.91 Å². The number of nitrogen functional groups attached to an aromatic ring is 1. The number of rotatable bonds is 4. The predicted molar refractivity (Wildman–Crippen MR) is 114 cm³/mol. The molecule has 0 bridgehead atoms. The molecule has 2 aliphatic rings. The molecule has 1 aromatic heterocycles. The van der Waals surface area contributed by atoms with Crippen molar-refractivity contribution in [2.45, 2.75) is 51.5 Å². The molecule has 2 N–H and O–H groups in total. The van der Waals surface area contributed by atoms with Crippen LogP contribution in [0, 0.1) is 11.8 Å². The fourth-order valence-corrected chi connectivity index (χ4v) is 5.18. The first-order valence-electron chi connectivity index (χ1n) is 10.3. The Hall–Kier alpha value is -2.07. The van der Waals surface area contributed by atoms with Gasteiger partial charge in [-0.15, -0.1) is 0 Å². The normalized spacial score (nSPS) is 25.3. The summed E-state index contributed by atoms with van der Waals surface area (Å²) in [5.74, 6) is 0.873. The van der Waals surface area contributed by atoms with E-state index in [0.717, 1.165) is 36.1 Å². The summed E-state index contributed by atoms with van der Waals surface area (Å²) >= 11 is 6.60. The molecule has 1 aliphatic heterocycles. The molecular weight excluding hydrogens is 370 g/mol. The number of halogens is 1. The fraction of sp³-hybridized carbons (Fsp3) is 0.478. The fourth-order valence-electron chi connectivity index (χ4n) is 4.87. The molecule has 3 unspecified atom stereocenters. The summed E-state index contributed by atoms with van der Waals surface area (Å²) in [4.78, 5) is 19.3. The van der Waals surface area contributed by atoms with Crippen molar-refractivity contribution in [2.24, 2.45) is 11.8 Å². The van der Waals surface area contributed by atoms with Gasteiger partial charge in [-0.3, -0.25) is 9.78 Å². The van der Waals surface area contributed by atoms with E-state index in [1.54, 1.807) is 12.4 Å². The van der Waals surface area contributed by atoms with Crippen LogP contribution in [0.1, 0.15) is 44.6 Å². The lowest BCUT2D eigenvalue weighted by molar-refractivity contribution is -0.134. The quantitative estimate of drug-likeness (QED) is 0.742. The maximum atomic E-state index is 13.1. The highest BCUT2D eigenvalue weighted by Crippen LogP contribution is 2.36. The first kappa shape index (κ1) is 19.3. The van der Waals surface area contributed by atoms with Crippen LogP contribution in [0.2, 0.25) is 5.02 Å². The zero-order valence-corrected chi connectivity index (χ0v) is 17.2. The van der Waals surface area contributed by atoms with Gasteiger partial charge in [0, 0.05) is 41.6 Å². The van der Waals surface area contributed by atoms with E-state index in [0.29, 0.717) is 29.1 Å². The molecular formula is C23H28ClN3O. The van der Waals surface area contributed by atoms with Gasteiger partial charge in [0.05, 0.1) is 0 Å². The van der Waals surface area contributed by atoms with Crippen molar-refractivity contribution in [3.8, 4) is 11.1 Å². The molecule has 1 saturated carbocycles. The van der Waals surface area contributed by atoms with Gasteiger partial charge in [-0.25, -0.2) is 0 Å². The van der Waals surface area contributed by atoms with E-state index in [2.05, 4.69) is 16.8 Å². The molecule has 0 spiro atoms. The standard InChI is InChI=1S/C23H28ClN3O/c1-15-4-2-3-5-22(15)27-11-8-17(23(27)28)12-19-20(24)13-18(14-21(19)25)16-6-9-26-10-7-16/h6-7,9-10,13-15,17,22H,2-5,8,11-12,25H2,1H3. The van der Waals surface area contributed by atoms with Crippen LogP contribution in [0.25, 0.3) is 11.1 Å². The van der Waals surface area contributed by atoms with E-state index < -0.39 is 0 Å². The van der Waals surface area contributed by atoms with Crippen molar-refractivity contribution in [2.75, 3.05) is 12.3 Å². The van der Waals surface area contributed by atoms with Gasteiger partial charge in [-0.05, 0) is 72.6 Å². The Kier molecular flexibility index (Phi) is 5.58. The Balaban J connectivity index is 1.51. The second-order valence-corrected chi connectivity index (χ2v) is 8.72. The molecule has 28 heavy (non-hydrogen) atoms. The van der Waals surface area contributed by atoms with Crippen LogP contribution < -0.4 is 5.73 Å². The van der Waals surface area contributed by atoms with Crippen LogP contribution in [0.3, 0.4) is 0 Å². The predicted octanol–water partition coefficient (Wildman–Crippen LogP) is 4.95. The van der Waals surface area contributed by atoms with E-state index in [-0.39, 0.29) is 11.8 Å². The van der Waals surface area contributed by atoms with Crippen LogP contribution in [-0.4, -0.2) is 28.4 Å². The Morgan fingerprint density at radius 3 is 2.61 bits per heavy atom. The smallest absolute Gasteiger partial charge is 0.226 e. The third-order valence-corrected chi connectivity index (χ3v) is 6.85. The number of carbonyl (C=O) groups is 1. The van der Waals surface area contributed by atoms with Crippen molar-refractivity contribution in [1.29, 1.82) is 0 Å². The third-order valence-electron chi connectivity index (χ3n) is 6.51. The lowest BCUT2D eigenvalue weighted by Gasteiger charge is -2.36. The van der Waals surface area contributed by atoms with Crippen LogP contribution in [0.15, 0.2) is 36.7 Å². The minimum atomic E-state index is -0.0132. The highest BCUT2D eigenvalue weighted by molar-refractivity contribution is 6.32. The van der Waals surface area contributed by atoms with Crippen molar-refractivity contribution in [3.05, 3.63) is 47.2 Å². The Morgan fingerprint density at radius 2 is 1.89 bits per heavy atom. The Bertz CT molecular complexity index is 831. The van der Waals surface area contributed by atoms with Crippen LogP contribution in [0.4, 0.5) is 5.69 Å². The zero-order valence-electron chi connectivity index (χ0n) is 16.4. The third kappa shape index (κ3) is 3.75. The number of nitrogens with two attached hydrogens (primary N) is 1. The molecule has 1 saturated heterocycles. The monoisotopic (exact) mass is 397 g/mol. The lowest BCUT2D eigenvalue weighted by Crippen LogP contribution is -2.43. The second-order valence-electron chi connectivity index (χ2n) is 8.31. The minimum absolute atomic E-state index is 0.0132. The van der Waals surface area contributed by atoms with E-state index in [1.807, 2.05) is 24.3 Å². The van der Waals surface area contributed by atoms with Gasteiger partial charge in [0.25, 0.3) is 0 Å². The number of aromatic nitrogens is 1. The van der Waals surface area contributed by atoms with Crippen LogP contribution in [-0.2, 0) is 11.2 Å². The maximum Gasteiger partial charge on any atom is 0.226 e. The van der Waals surface area contributed by atoms with Crippen molar-refractivity contribution in [3.63, 3.8) is 0 Å². The van der Waals surface area contributed by atoms with Gasteiger partial charge in [-0.1, -0.05) is 31.4 Å². The van der Waals surface area contributed by atoms with Crippen LogP contribution >= 0.6 is 11.6 Å². The van der Waals surface area contributed by atoms with Gasteiger partial charge in [0.15, 0.2) is 0 Å². The number of anilines is 1. The summed E-state index contributed by atoms with van der Waals surface area (Å²) < 4.78 is 0. The van der Waals surface area contributed by atoms with Gasteiger partial charge in [-0.2, -0.15) is 0 Å². The van der Waals surface area contributed by atoms with Crippen molar-refractivity contribution >= 4 is 23.2 Å². The summed E-state index contributed by atoms with van der Waals surface area (Å²) in [6.07, 6.45) is 9.92. The molecule has 1 aliphatic carbocycles. The van der Waals surface area contributed by atoms with Crippen molar-refractivity contribution in [1.82, 2.24) is 9.88 Å². The minimum Gasteiger partial charge on any atom is -0.398 e. The zero-order chi connectivity index (χ0) is 19.7. The number of carbonyl (C=O) groups excluding carboxylic acids is 1. The molecule has 1 amide bonds. The molecule has 2 fully saturated rings. The Labute approximate surface area is 172 Å². The summed E-state index contributed by atoms with van der Waals surface area (Å²) in [6, 6.07) is 8.19. The van der Waals surface area contributed by atoms with E-state index in [9.17, 15) is 4.79 Å². The van der Waals surface area contributed by atoms with Crippen molar-refractivity contribution < 1.29 is 4.79 Å². The van der Waals surface area contributed by atoms with Gasteiger partial charge >= 0.3 is 0 Å². The SMILES string of the molecule is CC1CCCCC1N1CCC(Cc2c(N)cc(-c3ccncc3)cc2Cl)C1=O. The highest BCUT2D eigenvalue weighted by Gasteiger charge is 2.38. The summed E-state index contributed by atoms with van der Waals surface area (Å²) in [5, 5.41) is 0.643. The molecule has 2 heterocycles. The summed E-state index contributed by atoms with van der Waals surface area (Å²) in [5.41, 5.74) is 9.93. The van der Waals surface area contributed by atoms with E-state index in [1.165, 1.54) is 19.3 Å². The van der Waals surface area contributed by atoms with E-state index >= 15 is 0 Å². The molecule has 5 heteroatoms. The number of pyridine rings is 1. The first-order chi connectivity index (χ1) is 13.5. The average Bonchev–Trinajstić information content (AvgIpc) is 3.06. The lowest BCUT2D eigenvalue weighted by atomic mass is 9.85.